The monoisotopic (exact) mass is 395 g/mol. The zero-order chi connectivity index (χ0) is 19.8. The summed E-state index contributed by atoms with van der Waals surface area (Å²) < 4.78 is 5.63. The molecule has 2 aromatic rings. The number of aromatic amines is 1. The summed E-state index contributed by atoms with van der Waals surface area (Å²) in [5.74, 6) is 2.92. The number of anilines is 3. The summed E-state index contributed by atoms with van der Waals surface area (Å²) in [6.45, 7) is 4.44. The van der Waals surface area contributed by atoms with Gasteiger partial charge < -0.3 is 25.7 Å². The van der Waals surface area contributed by atoms with Crippen molar-refractivity contribution in [1.29, 1.82) is 5.41 Å². The van der Waals surface area contributed by atoms with Crippen LogP contribution in [0.4, 0.5) is 17.5 Å². The van der Waals surface area contributed by atoms with Crippen LogP contribution >= 0.6 is 0 Å². The molecule has 2 bridgehead atoms. The molecule has 0 aromatic carbocycles. The van der Waals surface area contributed by atoms with Crippen LogP contribution < -0.4 is 15.5 Å². The Morgan fingerprint density at radius 1 is 1.31 bits per heavy atom. The standard InChI is InChI=1S/C21H29N7O/c1-13-12-29-7-6-28(13)20-10-17(14-8-15-2-3-16(9-14)24-15)18(11-22)21(26-20)25-19-4-5-23-27-19/h4-5,10-11,13-16,22,24H,2-3,6-9,12H2,1H3,(H2,23,25,26,27)/t13-,14?,15-,16+/m1/s1. The normalized spacial score (nSPS) is 29.1. The van der Waals surface area contributed by atoms with E-state index in [2.05, 4.69) is 38.7 Å². The van der Waals surface area contributed by atoms with Crippen molar-refractivity contribution in [1.82, 2.24) is 20.5 Å². The largest absolute Gasteiger partial charge is 0.377 e. The highest BCUT2D eigenvalue weighted by atomic mass is 16.5. The number of nitrogens with zero attached hydrogens (tertiary/aromatic N) is 3. The molecule has 154 valence electrons. The third kappa shape index (κ3) is 3.62. The molecule has 0 saturated carbocycles. The Morgan fingerprint density at radius 3 is 2.83 bits per heavy atom. The van der Waals surface area contributed by atoms with Crippen molar-refractivity contribution in [3.05, 3.63) is 29.5 Å². The predicted octanol–water partition coefficient (Wildman–Crippen LogP) is 2.77. The van der Waals surface area contributed by atoms with Gasteiger partial charge in [0.05, 0.1) is 25.5 Å². The van der Waals surface area contributed by atoms with Crippen LogP contribution in [0, 0.1) is 5.41 Å². The van der Waals surface area contributed by atoms with E-state index in [4.69, 9.17) is 15.1 Å². The molecule has 29 heavy (non-hydrogen) atoms. The molecule has 8 heteroatoms. The van der Waals surface area contributed by atoms with Crippen molar-refractivity contribution >= 4 is 23.7 Å². The Labute approximate surface area is 170 Å². The summed E-state index contributed by atoms with van der Waals surface area (Å²) >= 11 is 0. The van der Waals surface area contributed by atoms with Crippen molar-refractivity contribution in [2.45, 2.75) is 56.7 Å². The van der Waals surface area contributed by atoms with Crippen LogP contribution in [0.1, 0.15) is 49.7 Å². The Balaban J connectivity index is 1.57. The second-order valence-corrected chi connectivity index (χ2v) is 8.50. The summed E-state index contributed by atoms with van der Waals surface area (Å²) in [6.07, 6.45) is 7.95. The fourth-order valence-corrected chi connectivity index (χ4v) is 5.12. The van der Waals surface area contributed by atoms with Crippen LogP contribution in [0.5, 0.6) is 0 Å². The molecule has 5 heterocycles. The first-order valence-corrected chi connectivity index (χ1v) is 10.6. The van der Waals surface area contributed by atoms with E-state index in [0.29, 0.717) is 31.2 Å². The summed E-state index contributed by atoms with van der Waals surface area (Å²) in [4.78, 5) is 7.27. The lowest BCUT2D eigenvalue weighted by molar-refractivity contribution is 0.0985. The maximum Gasteiger partial charge on any atom is 0.143 e. The lowest BCUT2D eigenvalue weighted by atomic mass is 9.84. The number of morpholine rings is 1. The van der Waals surface area contributed by atoms with E-state index in [1.807, 2.05) is 6.07 Å². The Kier molecular flexibility index (Phi) is 4.97. The van der Waals surface area contributed by atoms with Gasteiger partial charge in [0.25, 0.3) is 0 Å². The minimum absolute atomic E-state index is 0.277. The second kappa shape index (κ2) is 7.76. The van der Waals surface area contributed by atoms with E-state index in [1.165, 1.54) is 24.6 Å². The number of hydrogen-bond acceptors (Lipinski definition) is 7. The third-order valence-corrected chi connectivity index (χ3v) is 6.55. The van der Waals surface area contributed by atoms with Crippen LogP contribution in [0.25, 0.3) is 0 Å². The topological polar surface area (TPSA) is 102 Å². The maximum atomic E-state index is 8.16. The Bertz CT molecular complexity index is 856. The van der Waals surface area contributed by atoms with Gasteiger partial charge in [0, 0.05) is 36.5 Å². The number of pyridine rings is 1. The average Bonchev–Trinajstić information content (AvgIpc) is 3.36. The second-order valence-electron chi connectivity index (χ2n) is 8.50. The average molecular weight is 396 g/mol. The molecule has 0 radical (unpaired) electrons. The zero-order valence-corrected chi connectivity index (χ0v) is 16.8. The van der Waals surface area contributed by atoms with E-state index in [1.54, 1.807) is 6.20 Å². The molecule has 4 atom stereocenters. The first kappa shape index (κ1) is 18.6. The minimum Gasteiger partial charge on any atom is -0.377 e. The van der Waals surface area contributed by atoms with E-state index < -0.39 is 0 Å². The number of rotatable bonds is 5. The van der Waals surface area contributed by atoms with Gasteiger partial charge in [-0.1, -0.05) is 0 Å². The van der Waals surface area contributed by atoms with Gasteiger partial charge in [-0.25, -0.2) is 4.98 Å². The van der Waals surface area contributed by atoms with Gasteiger partial charge >= 0.3 is 0 Å². The van der Waals surface area contributed by atoms with E-state index in [-0.39, 0.29) is 6.04 Å². The van der Waals surface area contributed by atoms with Gasteiger partial charge in [0.2, 0.25) is 0 Å². The van der Waals surface area contributed by atoms with Crippen molar-refractivity contribution in [2.75, 3.05) is 30.0 Å². The molecular weight excluding hydrogens is 366 g/mol. The summed E-state index contributed by atoms with van der Waals surface area (Å²) in [5, 5.41) is 22.2. The van der Waals surface area contributed by atoms with Crippen LogP contribution in [0.3, 0.4) is 0 Å². The molecular formula is C21H29N7O. The number of H-pyrrole nitrogens is 1. The number of fused-ring (bicyclic) bond motifs is 2. The van der Waals surface area contributed by atoms with Gasteiger partial charge in [-0.2, -0.15) is 5.10 Å². The van der Waals surface area contributed by atoms with Gasteiger partial charge in [0.1, 0.15) is 17.5 Å². The van der Waals surface area contributed by atoms with Crippen molar-refractivity contribution in [3.63, 3.8) is 0 Å². The smallest absolute Gasteiger partial charge is 0.143 e. The van der Waals surface area contributed by atoms with E-state index >= 15 is 0 Å². The van der Waals surface area contributed by atoms with Crippen LogP contribution in [-0.2, 0) is 4.74 Å². The number of piperidine rings is 1. The fraction of sp³-hybridized carbons (Fsp3) is 0.571. The zero-order valence-electron chi connectivity index (χ0n) is 16.8. The van der Waals surface area contributed by atoms with E-state index in [9.17, 15) is 0 Å². The lowest BCUT2D eigenvalue weighted by Crippen LogP contribution is -2.44. The fourth-order valence-electron chi connectivity index (χ4n) is 5.12. The van der Waals surface area contributed by atoms with Gasteiger partial charge in [0.15, 0.2) is 0 Å². The van der Waals surface area contributed by atoms with Crippen LogP contribution in [-0.4, -0.2) is 59.3 Å². The molecule has 1 unspecified atom stereocenters. The maximum absolute atomic E-state index is 8.16. The van der Waals surface area contributed by atoms with Gasteiger partial charge in [-0.3, -0.25) is 5.10 Å². The minimum atomic E-state index is 0.277. The van der Waals surface area contributed by atoms with E-state index in [0.717, 1.165) is 42.4 Å². The summed E-state index contributed by atoms with van der Waals surface area (Å²) in [6, 6.07) is 5.58. The highest BCUT2D eigenvalue weighted by Gasteiger charge is 2.36. The molecule has 3 aliphatic heterocycles. The van der Waals surface area contributed by atoms with Crippen LogP contribution in [0.15, 0.2) is 18.3 Å². The SMILES string of the molecule is C[C@@H]1COCCN1c1cc(C2C[C@H]3CC[C@@H](C2)N3)c(C=N)c(Nc2ccn[nH]2)n1. The Morgan fingerprint density at radius 2 is 2.14 bits per heavy atom. The molecule has 0 spiro atoms. The van der Waals surface area contributed by atoms with Crippen molar-refractivity contribution < 1.29 is 4.74 Å². The summed E-state index contributed by atoms with van der Waals surface area (Å²) in [7, 11) is 0. The molecule has 4 N–H and O–H groups in total. The number of nitrogens with one attached hydrogen (secondary N) is 4. The first-order valence-electron chi connectivity index (χ1n) is 10.6. The van der Waals surface area contributed by atoms with Gasteiger partial charge in [-0.05, 0) is 50.2 Å². The molecule has 3 fully saturated rings. The van der Waals surface area contributed by atoms with Crippen molar-refractivity contribution in [2.24, 2.45) is 0 Å². The quantitative estimate of drug-likeness (QED) is 0.581. The molecule has 3 aliphatic rings. The Hall–Kier alpha value is -2.45. The molecule has 3 saturated heterocycles. The van der Waals surface area contributed by atoms with Crippen molar-refractivity contribution in [3.8, 4) is 0 Å². The molecule has 5 rings (SSSR count). The summed E-state index contributed by atoms with van der Waals surface area (Å²) in [5.41, 5.74) is 2.12. The number of hydrogen-bond donors (Lipinski definition) is 4. The first-order chi connectivity index (χ1) is 14.2. The van der Waals surface area contributed by atoms with Gasteiger partial charge in [-0.15, -0.1) is 0 Å². The third-order valence-electron chi connectivity index (χ3n) is 6.55. The molecule has 0 aliphatic carbocycles. The van der Waals surface area contributed by atoms with Crippen LogP contribution in [0.2, 0.25) is 0 Å². The highest BCUT2D eigenvalue weighted by Crippen LogP contribution is 2.41. The highest BCUT2D eigenvalue weighted by molar-refractivity contribution is 5.89. The number of aromatic nitrogens is 3. The molecule has 8 nitrogen and oxygen atoms in total. The number of ether oxygens (including phenoxy) is 1. The molecule has 0 amide bonds. The molecule has 2 aromatic heterocycles. The lowest BCUT2D eigenvalue weighted by Gasteiger charge is -2.36. The predicted molar refractivity (Wildman–Crippen MR) is 114 cm³/mol.